The number of para-hydroxylation sites is 1. The van der Waals surface area contributed by atoms with Crippen molar-refractivity contribution in [2.45, 2.75) is 6.92 Å². The fourth-order valence-electron chi connectivity index (χ4n) is 3.81. The summed E-state index contributed by atoms with van der Waals surface area (Å²) in [4.78, 5) is 30.8. The van der Waals surface area contributed by atoms with E-state index in [4.69, 9.17) is 4.98 Å². The average molecular weight is 477 g/mol. The Bertz CT molecular complexity index is 1640. The minimum atomic E-state index is -0.414. The second kappa shape index (κ2) is 9.76. The summed E-state index contributed by atoms with van der Waals surface area (Å²) in [5.74, 6) is -0.245. The average Bonchev–Trinajstić information content (AvgIpc) is 2.90. The zero-order valence-electron chi connectivity index (χ0n) is 19.4. The van der Waals surface area contributed by atoms with Crippen molar-refractivity contribution >= 4 is 23.0 Å². The SMILES string of the molecule is Cc1ccc(-c2nc3ccccc3c(=O)n2-c2ccc(C(=O)N/N=C\c3ccc(F)cc3)cc2)cc1. The van der Waals surface area contributed by atoms with Gasteiger partial charge in [-0.1, -0.05) is 54.1 Å². The highest BCUT2D eigenvalue weighted by molar-refractivity contribution is 5.95. The molecule has 0 fully saturated rings. The maximum atomic E-state index is 13.5. The van der Waals surface area contributed by atoms with Crippen LogP contribution in [0.3, 0.4) is 0 Å². The van der Waals surface area contributed by atoms with Gasteiger partial charge < -0.3 is 0 Å². The monoisotopic (exact) mass is 476 g/mol. The zero-order chi connectivity index (χ0) is 25.1. The van der Waals surface area contributed by atoms with Gasteiger partial charge >= 0.3 is 0 Å². The molecule has 5 rings (SSSR count). The third-order valence-corrected chi connectivity index (χ3v) is 5.72. The Morgan fingerprint density at radius 1 is 0.917 bits per heavy atom. The molecule has 6 nitrogen and oxygen atoms in total. The van der Waals surface area contributed by atoms with E-state index in [1.165, 1.54) is 18.3 Å². The standard InChI is InChI=1S/C29H21FN4O2/c1-19-6-10-21(11-7-19)27-32-26-5-3-2-4-25(26)29(36)34(27)24-16-12-22(13-17-24)28(35)33-31-18-20-8-14-23(30)15-9-20/h2-18H,1H3,(H,33,35)/b31-18-. The summed E-state index contributed by atoms with van der Waals surface area (Å²) >= 11 is 0. The topological polar surface area (TPSA) is 76.3 Å². The van der Waals surface area contributed by atoms with E-state index >= 15 is 0 Å². The van der Waals surface area contributed by atoms with Crippen molar-refractivity contribution in [2.75, 3.05) is 0 Å². The molecule has 0 aliphatic rings. The number of rotatable bonds is 5. The van der Waals surface area contributed by atoms with Crippen LogP contribution in [0.2, 0.25) is 0 Å². The van der Waals surface area contributed by atoms with Crippen molar-refractivity contribution in [1.82, 2.24) is 15.0 Å². The van der Waals surface area contributed by atoms with Crippen molar-refractivity contribution in [1.29, 1.82) is 0 Å². The molecule has 0 aliphatic carbocycles. The Morgan fingerprint density at radius 3 is 2.33 bits per heavy atom. The van der Waals surface area contributed by atoms with Gasteiger partial charge in [-0.25, -0.2) is 14.8 Å². The molecule has 1 amide bonds. The van der Waals surface area contributed by atoms with E-state index in [9.17, 15) is 14.0 Å². The lowest BCUT2D eigenvalue weighted by molar-refractivity contribution is 0.0955. The largest absolute Gasteiger partial charge is 0.271 e. The summed E-state index contributed by atoms with van der Waals surface area (Å²) in [6.07, 6.45) is 1.43. The number of nitrogens with one attached hydrogen (secondary N) is 1. The molecule has 0 saturated carbocycles. The van der Waals surface area contributed by atoms with Crippen molar-refractivity contribution in [3.05, 3.63) is 130 Å². The minimum Gasteiger partial charge on any atom is -0.268 e. The van der Waals surface area contributed by atoms with Gasteiger partial charge in [-0.05, 0) is 61.0 Å². The Balaban J connectivity index is 1.47. The number of hydrazone groups is 1. The molecule has 176 valence electrons. The molecule has 5 aromatic rings. The first-order valence-corrected chi connectivity index (χ1v) is 11.3. The predicted octanol–water partition coefficient (Wildman–Crippen LogP) is 5.26. The molecule has 1 N–H and O–H groups in total. The zero-order valence-corrected chi connectivity index (χ0v) is 19.4. The van der Waals surface area contributed by atoms with E-state index in [2.05, 4.69) is 10.5 Å². The van der Waals surface area contributed by atoms with E-state index in [-0.39, 0.29) is 11.4 Å². The number of aromatic nitrogens is 2. The third kappa shape index (κ3) is 4.67. The minimum absolute atomic E-state index is 0.197. The van der Waals surface area contributed by atoms with Crippen LogP contribution in [0.15, 0.2) is 107 Å². The maximum Gasteiger partial charge on any atom is 0.271 e. The third-order valence-electron chi connectivity index (χ3n) is 5.72. The first kappa shape index (κ1) is 22.9. The molecule has 0 radical (unpaired) electrons. The van der Waals surface area contributed by atoms with Crippen LogP contribution in [0.5, 0.6) is 0 Å². The first-order chi connectivity index (χ1) is 17.5. The van der Waals surface area contributed by atoms with Gasteiger partial charge in [0.2, 0.25) is 0 Å². The number of benzene rings is 4. The molecule has 0 atom stereocenters. The van der Waals surface area contributed by atoms with Gasteiger partial charge in [0.25, 0.3) is 11.5 Å². The van der Waals surface area contributed by atoms with Crippen LogP contribution in [-0.4, -0.2) is 21.7 Å². The molecule has 0 unspecified atom stereocenters. The fraction of sp³-hybridized carbons (Fsp3) is 0.0345. The van der Waals surface area contributed by atoms with Crippen LogP contribution >= 0.6 is 0 Å². The van der Waals surface area contributed by atoms with Crippen LogP contribution < -0.4 is 11.0 Å². The van der Waals surface area contributed by atoms with Gasteiger partial charge in [0, 0.05) is 11.1 Å². The number of carbonyl (C=O) groups excluding carboxylic acids is 1. The highest BCUT2D eigenvalue weighted by Gasteiger charge is 2.15. The van der Waals surface area contributed by atoms with Crippen LogP contribution in [0.25, 0.3) is 28.0 Å². The van der Waals surface area contributed by atoms with E-state index in [0.29, 0.717) is 33.5 Å². The van der Waals surface area contributed by atoms with Crippen LogP contribution in [0.1, 0.15) is 21.5 Å². The summed E-state index contributed by atoms with van der Waals surface area (Å²) in [7, 11) is 0. The van der Waals surface area contributed by atoms with Gasteiger partial charge in [0.05, 0.1) is 22.8 Å². The number of halogens is 1. The van der Waals surface area contributed by atoms with E-state index in [0.717, 1.165) is 11.1 Å². The second-order valence-electron chi connectivity index (χ2n) is 8.26. The fourth-order valence-corrected chi connectivity index (χ4v) is 3.81. The Kier molecular flexibility index (Phi) is 6.19. The lowest BCUT2D eigenvalue weighted by Gasteiger charge is -2.14. The van der Waals surface area contributed by atoms with Gasteiger partial charge in [-0.2, -0.15) is 5.10 Å². The Hall–Kier alpha value is -4.91. The summed E-state index contributed by atoms with van der Waals surface area (Å²) in [5, 5.41) is 4.43. The highest BCUT2D eigenvalue weighted by Crippen LogP contribution is 2.23. The van der Waals surface area contributed by atoms with Crippen molar-refractivity contribution < 1.29 is 9.18 Å². The van der Waals surface area contributed by atoms with Crippen LogP contribution in [0, 0.1) is 12.7 Å². The molecule has 4 aromatic carbocycles. The van der Waals surface area contributed by atoms with Gasteiger partial charge in [0.15, 0.2) is 0 Å². The number of fused-ring (bicyclic) bond motifs is 1. The summed E-state index contributed by atoms with van der Waals surface area (Å²) in [6.45, 7) is 2.00. The smallest absolute Gasteiger partial charge is 0.268 e. The number of aryl methyl sites for hydroxylation is 1. The molecule has 36 heavy (non-hydrogen) atoms. The first-order valence-electron chi connectivity index (χ1n) is 11.3. The molecule has 0 saturated heterocycles. The van der Waals surface area contributed by atoms with Gasteiger partial charge in [0.1, 0.15) is 11.6 Å². The van der Waals surface area contributed by atoms with Gasteiger partial charge in [-0.15, -0.1) is 0 Å². The van der Waals surface area contributed by atoms with Gasteiger partial charge in [-0.3, -0.25) is 14.2 Å². The Morgan fingerprint density at radius 2 is 1.61 bits per heavy atom. The van der Waals surface area contributed by atoms with Crippen LogP contribution in [-0.2, 0) is 0 Å². The number of nitrogens with zero attached hydrogens (tertiary/aromatic N) is 3. The molecular formula is C29H21FN4O2. The van der Waals surface area contributed by atoms with Crippen molar-refractivity contribution in [3.63, 3.8) is 0 Å². The summed E-state index contributed by atoms with van der Waals surface area (Å²) in [6, 6.07) is 27.4. The van der Waals surface area contributed by atoms with E-state index in [1.54, 1.807) is 53.1 Å². The normalized spacial score (nSPS) is 11.2. The molecule has 1 heterocycles. The molecule has 0 bridgehead atoms. The number of carbonyl (C=O) groups is 1. The lowest BCUT2D eigenvalue weighted by Crippen LogP contribution is -2.22. The predicted molar refractivity (Wildman–Crippen MR) is 139 cm³/mol. The highest BCUT2D eigenvalue weighted by atomic mass is 19.1. The number of hydrogen-bond acceptors (Lipinski definition) is 4. The summed E-state index contributed by atoms with van der Waals surface area (Å²) in [5.41, 5.74) is 6.39. The number of amides is 1. The maximum absolute atomic E-state index is 13.5. The van der Waals surface area contributed by atoms with Crippen molar-refractivity contribution in [2.24, 2.45) is 5.10 Å². The molecule has 0 spiro atoms. The molecular weight excluding hydrogens is 455 g/mol. The summed E-state index contributed by atoms with van der Waals surface area (Å²) < 4.78 is 14.6. The van der Waals surface area contributed by atoms with Crippen LogP contribution in [0.4, 0.5) is 4.39 Å². The van der Waals surface area contributed by atoms with E-state index in [1.807, 2.05) is 43.3 Å². The van der Waals surface area contributed by atoms with Crippen molar-refractivity contribution in [3.8, 4) is 17.1 Å². The molecule has 1 aromatic heterocycles. The van der Waals surface area contributed by atoms with E-state index < -0.39 is 5.91 Å². The Labute approximate surface area is 206 Å². The molecule has 7 heteroatoms. The second-order valence-corrected chi connectivity index (χ2v) is 8.26. The molecule has 0 aliphatic heterocycles. The quantitative estimate of drug-likeness (QED) is 0.278. The number of hydrogen-bond donors (Lipinski definition) is 1. The lowest BCUT2D eigenvalue weighted by atomic mass is 10.1.